The van der Waals surface area contributed by atoms with Crippen molar-refractivity contribution < 1.29 is 19.5 Å². The number of nitrogens with one attached hydrogen (secondary N) is 2. The fourth-order valence-corrected chi connectivity index (χ4v) is 3.19. The van der Waals surface area contributed by atoms with E-state index in [9.17, 15) is 14.4 Å². The van der Waals surface area contributed by atoms with E-state index in [-0.39, 0.29) is 24.3 Å². The van der Waals surface area contributed by atoms with Crippen molar-refractivity contribution in [2.45, 2.75) is 59.6 Å². The number of carbonyl (C=O) groups excluding carboxylic acids is 3. The highest BCUT2D eigenvalue weighted by Crippen LogP contribution is 2.26. The lowest BCUT2D eigenvalue weighted by molar-refractivity contribution is -0.136. The smallest absolute Gasteiger partial charge is 0.246 e. The molecule has 28 heavy (non-hydrogen) atoms. The Bertz CT molecular complexity index is 658. The van der Waals surface area contributed by atoms with Crippen molar-refractivity contribution in [1.82, 2.24) is 5.32 Å². The Morgan fingerprint density at radius 2 is 1.68 bits per heavy atom. The number of carbonyl (C=O) groups is 3. The van der Waals surface area contributed by atoms with Crippen molar-refractivity contribution >= 4 is 23.4 Å². The molecule has 3 amide bonds. The van der Waals surface area contributed by atoms with Crippen molar-refractivity contribution in [3.05, 3.63) is 29.8 Å². The Balaban J connectivity index is 2.79. The molecule has 1 unspecified atom stereocenters. The van der Waals surface area contributed by atoms with Gasteiger partial charge in [0.15, 0.2) is 0 Å². The molecule has 0 fully saturated rings. The molecule has 0 aliphatic carbocycles. The summed E-state index contributed by atoms with van der Waals surface area (Å²) in [6.07, 6.45) is 2.27. The molecule has 0 bridgehead atoms. The first-order chi connectivity index (χ1) is 13.2. The second kappa shape index (κ2) is 11.4. The summed E-state index contributed by atoms with van der Waals surface area (Å²) in [6, 6.07) is 6.01. The number of nitrogens with two attached hydrogens (primary N) is 1. The topological polar surface area (TPSA) is 122 Å². The molecule has 0 saturated carbocycles. The average Bonchev–Trinajstić information content (AvgIpc) is 2.64. The third kappa shape index (κ3) is 6.96. The average molecular weight is 392 g/mol. The van der Waals surface area contributed by atoms with Gasteiger partial charge in [-0.1, -0.05) is 45.7 Å². The minimum absolute atomic E-state index is 0.0731. The number of unbranched alkanes of at least 4 members (excludes halogenated alkanes) is 1. The molecule has 0 radical (unpaired) electrons. The Labute approximate surface area is 167 Å². The molecule has 5 N–H and O–H groups in total. The van der Waals surface area contributed by atoms with Crippen molar-refractivity contribution in [2.75, 3.05) is 5.32 Å². The van der Waals surface area contributed by atoms with Gasteiger partial charge in [0.2, 0.25) is 17.7 Å². The predicted molar refractivity (Wildman–Crippen MR) is 109 cm³/mol. The number of amides is 3. The largest absolute Gasteiger partial charge is 0.392 e. The summed E-state index contributed by atoms with van der Waals surface area (Å²) >= 11 is 0. The van der Waals surface area contributed by atoms with Gasteiger partial charge >= 0.3 is 0 Å². The van der Waals surface area contributed by atoms with Crippen molar-refractivity contribution in [1.29, 1.82) is 0 Å². The van der Waals surface area contributed by atoms with Crippen LogP contribution >= 0.6 is 0 Å². The quantitative estimate of drug-likeness (QED) is 0.462. The van der Waals surface area contributed by atoms with Gasteiger partial charge in [0.1, 0.15) is 6.04 Å². The number of benzene rings is 1. The number of aliphatic hydroxyl groups is 1. The number of aliphatic hydroxyl groups excluding tert-OH is 1. The number of primary amides is 1. The van der Waals surface area contributed by atoms with Gasteiger partial charge in [-0.2, -0.15) is 0 Å². The first-order valence-corrected chi connectivity index (χ1v) is 9.81. The van der Waals surface area contributed by atoms with Gasteiger partial charge in [0, 0.05) is 11.6 Å². The van der Waals surface area contributed by atoms with Crippen molar-refractivity contribution in [3.63, 3.8) is 0 Å². The lowest BCUT2D eigenvalue weighted by atomic mass is 9.79. The molecule has 0 heterocycles. The van der Waals surface area contributed by atoms with Crippen LogP contribution in [0, 0.1) is 17.8 Å². The minimum Gasteiger partial charge on any atom is -0.392 e. The van der Waals surface area contributed by atoms with E-state index in [2.05, 4.69) is 10.6 Å². The Morgan fingerprint density at radius 1 is 1.07 bits per heavy atom. The summed E-state index contributed by atoms with van der Waals surface area (Å²) in [7, 11) is 0. The molecule has 7 heteroatoms. The first kappa shape index (κ1) is 23.6. The lowest BCUT2D eigenvalue weighted by Crippen LogP contribution is -2.48. The SMILES string of the molecule is CCCCC(C(N)=O)[C@@H](C(=O)N[C@@H](C)C(=O)Nc1ccc(CO)cc1)C(C)C. The molecule has 7 nitrogen and oxygen atoms in total. The maximum Gasteiger partial charge on any atom is 0.246 e. The van der Waals surface area contributed by atoms with Crippen molar-refractivity contribution in [3.8, 4) is 0 Å². The van der Waals surface area contributed by atoms with E-state index in [1.807, 2.05) is 20.8 Å². The molecular formula is C21H33N3O4. The van der Waals surface area contributed by atoms with Crippen LogP contribution in [-0.2, 0) is 21.0 Å². The van der Waals surface area contributed by atoms with E-state index >= 15 is 0 Å². The Morgan fingerprint density at radius 3 is 2.14 bits per heavy atom. The normalized spacial score (nSPS) is 14.2. The molecule has 1 aromatic carbocycles. The fourth-order valence-electron chi connectivity index (χ4n) is 3.19. The maximum atomic E-state index is 12.8. The number of rotatable bonds is 11. The van der Waals surface area contributed by atoms with Crippen molar-refractivity contribution in [2.24, 2.45) is 23.5 Å². The molecular weight excluding hydrogens is 358 g/mol. The summed E-state index contributed by atoms with van der Waals surface area (Å²) in [5, 5.41) is 14.5. The van der Waals surface area contributed by atoms with Gasteiger partial charge in [-0.3, -0.25) is 14.4 Å². The van der Waals surface area contributed by atoms with E-state index in [1.54, 1.807) is 31.2 Å². The minimum atomic E-state index is -0.772. The van der Waals surface area contributed by atoms with Gasteiger partial charge in [0.25, 0.3) is 0 Å². The number of hydrogen-bond donors (Lipinski definition) is 4. The highest BCUT2D eigenvalue weighted by atomic mass is 16.3. The van der Waals surface area contributed by atoms with E-state index in [1.165, 1.54) is 0 Å². The fraction of sp³-hybridized carbons (Fsp3) is 0.571. The summed E-state index contributed by atoms with van der Waals surface area (Å²) in [5.41, 5.74) is 6.86. The number of hydrogen-bond acceptors (Lipinski definition) is 4. The molecule has 3 atom stereocenters. The standard InChI is InChI=1S/C21H33N3O4/c1-5-6-7-17(19(22)26)18(13(2)3)21(28)23-14(4)20(27)24-16-10-8-15(12-25)9-11-16/h8-11,13-14,17-18,25H,5-7,12H2,1-4H3,(H2,22,26)(H,23,28)(H,24,27)/t14-,17?,18-/m0/s1. The van der Waals surface area contributed by atoms with Gasteiger partial charge in [-0.05, 0) is 37.0 Å². The second-order valence-electron chi connectivity index (χ2n) is 7.50. The molecule has 0 aliphatic rings. The van der Waals surface area contributed by atoms with E-state index < -0.39 is 23.8 Å². The summed E-state index contributed by atoms with van der Waals surface area (Å²) < 4.78 is 0. The molecule has 0 saturated heterocycles. The van der Waals surface area contributed by atoms with Crippen LogP contribution < -0.4 is 16.4 Å². The molecule has 156 valence electrons. The van der Waals surface area contributed by atoms with Crippen LogP contribution in [0.1, 0.15) is 52.5 Å². The zero-order chi connectivity index (χ0) is 21.3. The van der Waals surface area contributed by atoms with Gasteiger partial charge in [-0.15, -0.1) is 0 Å². The third-order valence-electron chi connectivity index (χ3n) is 4.84. The van der Waals surface area contributed by atoms with Crippen LogP contribution in [0.3, 0.4) is 0 Å². The Hall–Kier alpha value is -2.41. The van der Waals surface area contributed by atoms with Crippen LogP contribution in [0.5, 0.6) is 0 Å². The molecule has 0 aromatic heterocycles. The number of anilines is 1. The monoisotopic (exact) mass is 391 g/mol. The van der Waals surface area contributed by atoms with Crippen LogP contribution in [0.2, 0.25) is 0 Å². The van der Waals surface area contributed by atoms with Gasteiger partial charge in [-0.25, -0.2) is 0 Å². The summed E-state index contributed by atoms with van der Waals surface area (Å²) in [5.74, 6) is -2.41. The Kier molecular flexibility index (Phi) is 9.65. The molecule has 0 spiro atoms. The van der Waals surface area contributed by atoms with Gasteiger partial charge in [0.05, 0.1) is 12.5 Å². The molecule has 0 aliphatic heterocycles. The second-order valence-corrected chi connectivity index (χ2v) is 7.50. The van der Waals surface area contributed by atoms with E-state index in [4.69, 9.17) is 10.8 Å². The van der Waals surface area contributed by atoms with Crippen LogP contribution in [0.4, 0.5) is 5.69 Å². The van der Waals surface area contributed by atoms with Gasteiger partial charge < -0.3 is 21.5 Å². The van der Waals surface area contributed by atoms with E-state index in [0.29, 0.717) is 12.1 Å². The first-order valence-electron chi connectivity index (χ1n) is 9.81. The molecule has 1 aromatic rings. The predicted octanol–water partition coefficient (Wildman–Crippen LogP) is 2.19. The molecule has 1 rings (SSSR count). The van der Waals surface area contributed by atoms with E-state index in [0.717, 1.165) is 18.4 Å². The van der Waals surface area contributed by atoms with Crippen LogP contribution in [0.25, 0.3) is 0 Å². The highest BCUT2D eigenvalue weighted by Gasteiger charge is 2.35. The van der Waals surface area contributed by atoms with Crippen LogP contribution in [0.15, 0.2) is 24.3 Å². The lowest BCUT2D eigenvalue weighted by Gasteiger charge is -2.28. The zero-order valence-corrected chi connectivity index (χ0v) is 17.2. The summed E-state index contributed by atoms with van der Waals surface area (Å²) in [4.78, 5) is 37.1. The summed E-state index contributed by atoms with van der Waals surface area (Å²) in [6.45, 7) is 7.29. The third-order valence-corrected chi connectivity index (χ3v) is 4.84. The highest BCUT2D eigenvalue weighted by molar-refractivity contribution is 5.97. The zero-order valence-electron chi connectivity index (χ0n) is 17.2. The van der Waals surface area contributed by atoms with Crippen LogP contribution in [-0.4, -0.2) is 28.9 Å². The maximum absolute atomic E-state index is 12.8.